The van der Waals surface area contributed by atoms with Crippen molar-refractivity contribution in [3.63, 3.8) is 0 Å². The summed E-state index contributed by atoms with van der Waals surface area (Å²) in [5, 5.41) is 0.859. The number of hydrogen-bond acceptors (Lipinski definition) is 5. The van der Waals surface area contributed by atoms with Gasteiger partial charge in [-0.05, 0) is 35.9 Å². The summed E-state index contributed by atoms with van der Waals surface area (Å²) in [6.45, 7) is 0. The Kier molecular flexibility index (Phi) is 4.14. The topological polar surface area (TPSA) is 77.7 Å². The predicted molar refractivity (Wildman–Crippen MR) is 99.8 cm³/mol. The van der Waals surface area contributed by atoms with Crippen molar-refractivity contribution in [2.24, 2.45) is 0 Å². The number of fused-ring (bicyclic) bond motifs is 1. The highest BCUT2D eigenvalue weighted by molar-refractivity contribution is 7.90. The van der Waals surface area contributed by atoms with Crippen LogP contribution >= 0.6 is 23.2 Å². The van der Waals surface area contributed by atoms with Crippen molar-refractivity contribution < 1.29 is 8.42 Å². The van der Waals surface area contributed by atoms with Gasteiger partial charge in [0.15, 0.2) is 5.65 Å². The van der Waals surface area contributed by atoms with Crippen molar-refractivity contribution in [1.82, 2.24) is 18.9 Å². The summed E-state index contributed by atoms with van der Waals surface area (Å²) in [6, 6.07) is 11.6. The average Bonchev–Trinajstić information content (AvgIpc) is 3.05. The lowest BCUT2D eigenvalue weighted by atomic mass is 10.1. The molecule has 6 nitrogen and oxygen atoms in total. The quantitative estimate of drug-likeness (QED) is 0.481. The Morgan fingerprint density at radius 2 is 1.73 bits per heavy atom. The van der Waals surface area contributed by atoms with Gasteiger partial charge in [-0.3, -0.25) is 0 Å². The largest absolute Gasteiger partial charge is 0.269 e. The normalized spacial score (nSPS) is 11.8. The number of benzene rings is 1. The second-order valence-electron chi connectivity index (χ2n) is 5.37. The molecular formula is C17H10Cl2N4O2S. The van der Waals surface area contributed by atoms with Gasteiger partial charge in [0, 0.05) is 23.3 Å². The van der Waals surface area contributed by atoms with E-state index in [1.165, 1.54) is 30.7 Å². The minimum Gasteiger partial charge on any atom is -0.237 e. The Morgan fingerprint density at radius 3 is 2.50 bits per heavy atom. The minimum absolute atomic E-state index is 0.0140. The number of rotatable bonds is 3. The molecule has 3 heterocycles. The van der Waals surface area contributed by atoms with Crippen molar-refractivity contribution in [3.05, 3.63) is 71.4 Å². The summed E-state index contributed by atoms with van der Waals surface area (Å²) < 4.78 is 27.3. The fraction of sp³-hybridized carbons (Fsp3) is 0. The molecule has 0 spiro atoms. The van der Waals surface area contributed by atoms with E-state index in [-0.39, 0.29) is 20.8 Å². The monoisotopic (exact) mass is 404 g/mol. The standard InChI is InChI=1S/C17H10Cl2N4O2S/c18-14-9-21-17(19)22-15(14)13-10-23(16-12(13)7-4-8-20-16)26(24,25)11-5-2-1-3-6-11/h1-10H. The van der Waals surface area contributed by atoms with E-state index in [1.807, 2.05) is 0 Å². The molecule has 0 aliphatic carbocycles. The molecule has 3 aromatic heterocycles. The lowest BCUT2D eigenvalue weighted by molar-refractivity contribution is 0.589. The van der Waals surface area contributed by atoms with E-state index in [2.05, 4.69) is 15.0 Å². The fourth-order valence-corrected chi connectivity index (χ4v) is 4.31. The summed E-state index contributed by atoms with van der Waals surface area (Å²) in [6.07, 6.45) is 4.35. The molecule has 9 heteroatoms. The van der Waals surface area contributed by atoms with E-state index in [4.69, 9.17) is 23.2 Å². The smallest absolute Gasteiger partial charge is 0.237 e. The van der Waals surface area contributed by atoms with Gasteiger partial charge in [0.05, 0.1) is 21.8 Å². The lowest BCUT2D eigenvalue weighted by Crippen LogP contribution is -2.12. The summed E-state index contributed by atoms with van der Waals surface area (Å²) in [5.74, 6) is 0. The first-order chi connectivity index (χ1) is 12.5. The fourth-order valence-electron chi connectivity index (χ4n) is 2.64. The van der Waals surface area contributed by atoms with E-state index in [9.17, 15) is 8.42 Å². The molecule has 0 bridgehead atoms. The van der Waals surface area contributed by atoms with E-state index < -0.39 is 10.0 Å². The maximum Gasteiger partial charge on any atom is 0.269 e. The van der Waals surface area contributed by atoms with Gasteiger partial charge in [-0.15, -0.1) is 0 Å². The lowest BCUT2D eigenvalue weighted by Gasteiger charge is -2.06. The SMILES string of the molecule is O=S(=O)(c1ccccc1)n1cc(-c2nc(Cl)ncc2Cl)c2cccnc21. The van der Waals surface area contributed by atoms with Crippen LogP contribution in [0.25, 0.3) is 22.3 Å². The van der Waals surface area contributed by atoms with Gasteiger partial charge < -0.3 is 0 Å². The molecular weight excluding hydrogens is 395 g/mol. The second kappa shape index (κ2) is 6.35. The van der Waals surface area contributed by atoms with Crippen molar-refractivity contribution in [1.29, 1.82) is 0 Å². The van der Waals surface area contributed by atoms with Crippen LogP contribution < -0.4 is 0 Å². The number of pyridine rings is 1. The van der Waals surface area contributed by atoms with E-state index in [0.717, 1.165) is 3.97 Å². The first-order valence-corrected chi connectivity index (χ1v) is 9.63. The molecule has 0 saturated carbocycles. The maximum atomic E-state index is 13.1. The minimum atomic E-state index is -3.84. The third-order valence-electron chi connectivity index (χ3n) is 3.80. The number of aromatic nitrogens is 4. The van der Waals surface area contributed by atoms with Gasteiger partial charge in [-0.25, -0.2) is 27.3 Å². The van der Waals surface area contributed by atoms with Gasteiger partial charge in [0.1, 0.15) is 0 Å². The Labute approximate surface area is 159 Å². The predicted octanol–water partition coefficient (Wildman–Crippen LogP) is 4.04. The third-order valence-corrected chi connectivity index (χ3v) is 5.92. The van der Waals surface area contributed by atoms with Crippen LogP contribution in [-0.2, 0) is 10.0 Å². The van der Waals surface area contributed by atoms with Crippen molar-refractivity contribution in [2.45, 2.75) is 4.90 Å². The Hall–Kier alpha value is -2.48. The first kappa shape index (κ1) is 17.0. The van der Waals surface area contributed by atoms with Crippen LogP contribution in [0.2, 0.25) is 10.3 Å². The van der Waals surface area contributed by atoms with Crippen LogP contribution in [0.15, 0.2) is 66.0 Å². The van der Waals surface area contributed by atoms with E-state index in [1.54, 1.807) is 30.3 Å². The van der Waals surface area contributed by atoms with Crippen molar-refractivity contribution in [3.8, 4) is 11.3 Å². The molecule has 0 unspecified atom stereocenters. The number of nitrogens with zero attached hydrogens (tertiary/aromatic N) is 4. The Balaban J connectivity index is 2.04. The van der Waals surface area contributed by atoms with Gasteiger partial charge >= 0.3 is 0 Å². The van der Waals surface area contributed by atoms with Crippen molar-refractivity contribution in [2.75, 3.05) is 0 Å². The molecule has 130 valence electrons. The molecule has 0 aliphatic rings. The zero-order valence-electron chi connectivity index (χ0n) is 13.0. The van der Waals surface area contributed by atoms with Crippen molar-refractivity contribution >= 4 is 44.3 Å². The molecule has 0 aliphatic heterocycles. The van der Waals surface area contributed by atoms with E-state index in [0.29, 0.717) is 16.6 Å². The third kappa shape index (κ3) is 2.74. The molecule has 0 atom stereocenters. The molecule has 0 amide bonds. The molecule has 1 aromatic carbocycles. The summed E-state index contributed by atoms with van der Waals surface area (Å²) in [4.78, 5) is 12.4. The molecule has 0 radical (unpaired) electrons. The average molecular weight is 405 g/mol. The van der Waals surface area contributed by atoms with Crippen LogP contribution in [-0.4, -0.2) is 27.3 Å². The maximum absolute atomic E-state index is 13.1. The second-order valence-corrected chi connectivity index (χ2v) is 7.93. The Bertz CT molecular complexity index is 1220. The van der Waals surface area contributed by atoms with Gasteiger partial charge in [0.2, 0.25) is 5.28 Å². The molecule has 4 rings (SSSR count). The molecule has 0 saturated heterocycles. The summed E-state index contributed by atoms with van der Waals surface area (Å²) >= 11 is 12.1. The molecule has 0 fully saturated rings. The van der Waals surface area contributed by atoms with Crippen LogP contribution in [0, 0.1) is 0 Å². The molecule has 4 aromatic rings. The summed E-state index contributed by atoms with van der Waals surface area (Å²) in [5.41, 5.74) is 1.12. The van der Waals surface area contributed by atoms with Gasteiger partial charge in [0.25, 0.3) is 10.0 Å². The number of halogens is 2. The van der Waals surface area contributed by atoms with Crippen LogP contribution in [0.1, 0.15) is 0 Å². The highest BCUT2D eigenvalue weighted by Gasteiger charge is 2.23. The molecule has 0 N–H and O–H groups in total. The van der Waals surface area contributed by atoms with Crippen LogP contribution in [0.3, 0.4) is 0 Å². The zero-order chi connectivity index (χ0) is 18.3. The van der Waals surface area contributed by atoms with Crippen LogP contribution in [0.4, 0.5) is 0 Å². The molecule has 26 heavy (non-hydrogen) atoms. The highest BCUT2D eigenvalue weighted by Crippen LogP contribution is 2.34. The zero-order valence-corrected chi connectivity index (χ0v) is 15.4. The van der Waals surface area contributed by atoms with Crippen LogP contribution in [0.5, 0.6) is 0 Å². The van der Waals surface area contributed by atoms with E-state index >= 15 is 0 Å². The summed E-state index contributed by atoms with van der Waals surface area (Å²) in [7, 11) is -3.84. The number of hydrogen-bond donors (Lipinski definition) is 0. The highest BCUT2D eigenvalue weighted by atomic mass is 35.5. The Morgan fingerprint density at radius 1 is 0.962 bits per heavy atom. The van der Waals surface area contributed by atoms with Gasteiger partial charge in [-0.2, -0.15) is 0 Å². The first-order valence-electron chi connectivity index (χ1n) is 7.43. The van der Waals surface area contributed by atoms with Gasteiger partial charge in [-0.1, -0.05) is 29.8 Å².